The first-order valence-electron chi connectivity index (χ1n) is 6.29. The number of hydrogen-bond acceptors (Lipinski definition) is 5. The largest absolute Gasteiger partial charge is 0.481 e. The van der Waals surface area contributed by atoms with Gasteiger partial charge in [-0.25, -0.2) is 13.2 Å². The van der Waals surface area contributed by atoms with Crippen LogP contribution in [-0.4, -0.2) is 60.3 Å². The van der Waals surface area contributed by atoms with E-state index in [-0.39, 0.29) is 18.1 Å². The number of hydrogen-bond donors (Lipinski definition) is 4. The molecular formula is C11H20N2O6S. The number of sulfone groups is 1. The van der Waals surface area contributed by atoms with E-state index < -0.39 is 39.9 Å². The fraction of sp³-hybridized carbons (Fsp3) is 0.818. The second-order valence-corrected chi connectivity index (χ2v) is 7.58. The van der Waals surface area contributed by atoms with Gasteiger partial charge in [0.1, 0.15) is 0 Å². The van der Waals surface area contributed by atoms with Gasteiger partial charge in [-0.2, -0.15) is 0 Å². The van der Waals surface area contributed by atoms with Gasteiger partial charge in [-0.1, -0.05) is 0 Å². The van der Waals surface area contributed by atoms with Crippen molar-refractivity contribution in [1.29, 1.82) is 0 Å². The maximum absolute atomic E-state index is 11.6. The van der Waals surface area contributed by atoms with E-state index in [2.05, 4.69) is 10.6 Å². The lowest BCUT2D eigenvalue weighted by molar-refractivity contribution is -0.141. The van der Waals surface area contributed by atoms with E-state index in [1.165, 1.54) is 6.92 Å². The fourth-order valence-corrected chi connectivity index (χ4v) is 3.67. The summed E-state index contributed by atoms with van der Waals surface area (Å²) in [7, 11) is -3.11. The Labute approximate surface area is 117 Å². The van der Waals surface area contributed by atoms with Crippen molar-refractivity contribution < 1.29 is 28.2 Å². The van der Waals surface area contributed by atoms with Crippen LogP contribution in [-0.2, 0) is 14.6 Å². The van der Waals surface area contributed by atoms with Crippen LogP contribution in [0.5, 0.6) is 0 Å². The van der Waals surface area contributed by atoms with Crippen molar-refractivity contribution >= 4 is 21.8 Å². The summed E-state index contributed by atoms with van der Waals surface area (Å²) in [6, 6.07) is -1.06. The average molecular weight is 308 g/mol. The molecule has 20 heavy (non-hydrogen) atoms. The Morgan fingerprint density at radius 2 is 2.05 bits per heavy atom. The fourth-order valence-electron chi connectivity index (χ4n) is 2.03. The number of amides is 2. The predicted molar refractivity (Wildman–Crippen MR) is 71.1 cm³/mol. The molecule has 1 aliphatic heterocycles. The Balaban J connectivity index is 2.39. The van der Waals surface area contributed by atoms with E-state index in [1.807, 2.05) is 0 Å². The van der Waals surface area contributed by atoms with Crippen molar-refractivity contribution in [1.82, 2.24) is 10.6 Å². The van der Waals surface area contributed by atoms with Crippen LogP contribution < -0.4 is 10.6 Å². The molecule has 1 fully saturated rings. The molecule has 0 aromatic heterocycles. The van der Waals surface area contributed by atoms with Crippen LogP contribution in [0.4, 0.5) is 4.79 Å². The highest BCUT2D eigenvalue weighted by Crippen LogP contribution is 2.12. The highest BCUT2D eigenvalue weighted by molar-refractivity contribution is 7.91. The maximum Gasteiger partial charge on any atom is 0.315 e. The molecule has 0 spiro atoms. The summed E-state index contributed by atoms with van der Waals surface area (Å²) < 4.78 is 22.8. The van der Waals surface area contributed by atoms with E-state index >= 15 is 0 Å². The van der Waals surface area contributed by atoms with Crippen molar-refractivity contribution in [3.8, 4) is 0 Å². The molecule has 0 aromatic carbocycles. The summed E-state index contributed by atoms with van der Waals surface area (Å²) in [6.45, 7) is 1.07. The Kier molecular flexibility index (Phi) is 5.35. The van der Waals surface area contributed by atoms with Gasteiger partial charge >= 0.3 is 12.0 Å². The van der Waals surface area contributed by atoms with Gasteiger partial charge in [0.05, 0.1) is 23.5 Å². The van der Waals surface area contributed by atoms with Gasteiger partial charge < -0.3 is 20.8 Å². The van der Waals surface area contributed by atoms with Crippen molar-refractivity contribution in [3.05, 3.63) is 0 Å². The molecule has 4 N–H and O–H groups in total. The molecule has 1 rings (SSSR count). The zero-order valence-electron chi connectivity index (χ0n) is 11.3. The molecule has 2 unspecified atom stereocenters. The molecule has 1 saturated heterocycles. The monoisotopic (exact) mass is 308 g/mol. The third-order valence-electron chi connectivity index (χ3n) is 2.96. The molecular weight excluding hydrogens is 288 g/mol. The molecule has 1 heterocycles. The number of nitrogens with one attached hydrogen (secondary N) is 2. The van der Waals surface area contributed by atoms with Crippen LogP contribution in [0.1, 0.15) is 26.2 Å². The smallest absolute Gasteiger partial charge is 0.315 e. The normalized spacial score (nSPS) is 24.4. The van der Waals surface area contributed by atoms with E-state index in [4.69, 9.17) is 5.11 Å². The Bertz CT molecular complexity index is 473. The predicted octanol–water partition coefficient (Wildman–Crippen LogP) is -0.911. The zero-order chi connectivity index (χ0) is 15.4. The van der Waals surface area contributed by atoms with Crippen LogP contribution in [0.15, 0.2) is 0 Å². The van der Waals surface area contributed by atoms with Gasteiger partial charge in [0.2, 0.25) is 0 Å². The van der Waals surface area contributed by atoms with Gasteiger partial charge in [0.15, 0.2) is 9.84 Å². The molecule has 0 bridgehead atoms. The van der Waals surface area contributed by atoms with Crippen LogP contribution >= 0.6 is 0 Å². The average Bonchev–Trinajstić information content (AvgIpc) is 2.23. The van der Waals surface area contributed by atoms with Crippen molar-refractivity contribution in [2.24, 2.45) is 0 Å². The van der Waals surface area contributed by atoms with Gasteiger partial charge in [-0.05, 0) is 19.8 Å². The van der Waals surface area contributed by atoms with Crippen molar-refractivity contribution in [2.75, 3.05) is 18.1 Å². The second kappa shape index (κ2) is 6.40. The maximum atomic E-state index is 11.6. The quantitative estimate of drug-likeness (QED) is 0.519. The summed E-state index contributed by atoms with van der Waals surface area (Å²) in [5.74, 6) is -1.12. The highest BCUT2D eigenvalue weighted by atomic mass is 32.2. The molecule has 116 valence electrons. The molecule has 2 atom stereocenters. The number of urea groups is 1. The Morgan fingerprint density at radius 3 is 2.60 bits per heavy atom. The minimum atomic E-state index is -3.11. The molecule has 2 amide bonds. The molecule has 0 radical (unpaired) electrons. The third kappa shape index (κ3) is 6.20. The van der Waals surface area contributed by atoms with Crippen LogP contribution in [0, 0.1) is 0 Å². The first-order valence-corrected chi connectivity index (χ1v) is 8.11. The first kappa shape index (κ1) is 16.7. The van der Waals surface area contributed by atoms with Crippen LogP contribution in [0.25, 0.3) is 0 Å². The number of carbonyl (C=O) groups is 2. The number of carbonyl (C=O) groups excluding carboxylic acids is 1. The minimum absolute atomic E-state index is 0.0913. The number of aliphatic hydroxyl groups is 1. The lowest BCUT2D eigenvalue weighted by atomic mass is 10.0. The minimum Gasteiger partial charge on any atom is -0.481 e. The van der Waals surface area contributed by atoms with Gasteiger partial charge in [0, 0.05) is 12.6 Å². The van der Waals surface area contributed by atoms with Gasteiger partial charge in [0.25, 0.3) is 0 Å². The standard InChI is InChI=1S/C11H20N2O6S/c1-11(17,5-9(14)15)7-12-10(16)13-8-3-2-4-20(18,19)6-8/h8,17H,2-7H2,1H3,(H,14,15)(H2,12,13,16). The Morgan fingerprint density at radius 1 is 1.40 bits per heavy atom. The molecule has 0 saturated carbocycles. The second-order valence-electron chi connectivity index (χ2n) is 5.35. The summed E-state index contributed by atoms with van der Waals surface area (Å²) >= 11 is 0. The number of aliphatic carboxylic acids is 1. The van der Waals surface area contributed by atoms with Crippen LogP contribution in [0.2, 0.25) is 0 Å². The van der Waals surface area contributed by atoms with Gasteiger partial charge in [-0.3, -0.25) is 4.79 Å². The van der Waals surface area contributed by atoms with E-state index in [0.29, 0.717) is 12.8 Å². The number of rotatable bonds is 5. The molecule has 0 aliphatic carbocycles. The van der Waals surface area contributed by atoms with Crippen molar-refractivity contribution in [2.45, 2.75) is 37.8 Å². The zero-order valence-corrected chi connectivity index (χ0v) is 12.1. The number of carboxylic acids is 1. The lowest BCUT2D eigenvalue weighted by Gasteiger charge is -2.25. The Hall–Kier alpha value is -1.35. The van der Waals surface area contributed by atoms with E-state index in [0.717, 1.165) is 0 Å². The summed E-state index contributed by atoms with van der Waals surface area (Å²) in [4.78, 5) is 22.1. The van der Waals surface area contributed by atoms with E-state index in [1.54, 1.807) is 0 Å². The molecule has 0 aromatic rings. The molecule has 9 heteroatoms. The number of carboxylic acid groups (broad SMARTS) is 1. The summed E-state index contributed by atoms with van der Waals surface area (Å²) in [5, 5.41) is 23.1. The third-order valence-corrected chi connectivity index (χ3v) is 4.78. The van der Waals surface area contributed by atoms with Crippen LogP contribution in [0.3, 0.4) is 0 Å². The SMILES string of the molecule is CC(O)(CNC(=O)NC1CCCS(=O)(=O)C1)CC(=O)O. The molecule has 8 nitrogen and oxygen atoms in total. The van der Waals surface area contributed by atoms with Crippen molar-refractivity contribution in [3.63, 3.8) is 0 Å². The van der Waals surface area contributed by atoms with Gasteiger partial charge in [-0.15, -0.1) is 0 Å². The topological polar surface area (TPSA) is 133 Å². The highest BCUT2D eigenvalue weighted by Gasteiger charge is 2.28. The first-order chi connectivity index (χ1) is 9.10. The molecule has 1 aliphatic rings. The van der Waals surface area contributed by atoms with E-state index in [9.17, 15) is 23.1 Å². The summed E-state index contributed by atoms with van der Waals surface area (Å²) in [5.41, 5.74) is -1.55. The lowest BCUT2D eigenvalue weighted by Crippen LogP contribution is -2.50. The summed E-state index contributed by atoms with van der Waals surface area (Å²) in [6.07, 6.45) is 0.591.